The lowest BCUT2D eigenvalue weighted by atomic mass is 10.2. The van der Waals surface area contributed by atoms with E-state index in [9.17, 15) is 4.79 Å². The topological polar surface area (TPSA) is 38.3 Å². The average Bonchev–Trinajstić information content (AvgIpc) is 2.10. The van der Waals surface area contributed by atoms with Crippen LogP contribution in [-0.4, -0.2) is 31.0 Å². The molecular formula is C8H16BrNO2. The Bertz CT molecular complexity index is 130. The molecule has 1 unspecified atom stereocenters. The zero-order valence-corrected chi connectivity index (χ0v) is 9.19. The van der Waals surface area contributed by atoms with Gasteiger partial charge in [0.25, 0.3) is 0 Å². The highest BCUT2D eigenvalue weighted by Gasteiger charge is 2.03. The maximum Gasteiger partial charge on any atom is 0.246 e. The number of amides is 1. The van der Waals surface area contributed by atoms with Crippen molar-refractivity contribution in [3.05, 3.63) is 0 Å². The number of carbonyl (C=O) groups excluding carboxylic acids is 1. The molecule has 0 aliphatic heterocycles. The SMILES string of the molecule is CCOCC(=O)NCC(C)CBr. The van der Waals surface area contributed by atoms with Gasteiger partial charge in [0.15, 0.2) is 0 Å². The summed E-state index contributed by atoms with van der Waals surface area (Å²) in [6.45, 7) is 5.40. The number of nitrogens with one attached hydrogen (secondary N) is 1. The van der Waals surface area contributed by atoms with Crippen LogP contribution in [0.25, 0.3) is 0 Å². The fourth-order valence-corrected chi connectivity index (χ4v) is 0.817. The van der Waals surface area contributed by atoms with Crippen molar-refractivity contribution in [2.75, 3.05) is 25.1 Å². The molecule has 0 heterocycles. The summed E-state index contributed by atoms with van der Waals surface area (Å²) in [4.78, 5) is 11.0. The van der Waals surface area contributed by atoms with E-state index in [0.717, 1.165) is 5.33 Å². The van der Waals surface area contributed by atoms with Crippen LogP contribution in [0.2, 0.25) is 0 Å². The van der Waals surface area contributed by atoms with Crippen molar-refractivity contribution >= 4 is 21.8 Å². The van der Waals surface area contributed by atoms with Crippen LogP contribution < -0.4 is 5.32 Å². The third-order valence-corrected chi connectivity index (χ3v) is 2.45. The molecule has 1 amide bonds. The van der Waals surface area contributed by atoms with E-state index in [0.29, 0.717) is 19.1 Å². The quantitative estimate of drug-likeness (QED) is 0.705. The molecule has 1 N–H and O–H groups in total. The van der Waals surface area contributed by atoms with Crippen molar-refractivity contribution in [1.29, 1.82) is 0 Å². The van der Waals surface area contributed by atoms with Gasteiger partial charge in [-0.15, -0.1) is 0 Å². The Morgan fingerprint density at radius 2 is 2.33 bits per heavy atom. The van der Waals surface area contributed by atoms with Crippen LogP contribution in [0.3, 0.4) is 0 Å². The first-order chi connectivity index (χ1) is 5.70. The molecule has 0 saturated carbocycles. The molecule has 0 aliphatic carbocycles. The predicted molar refractivity (Wildman–Crippen MR) is 52.5 cm³/mol. The van der Waals surface area contributed by atoms with Crippen molar-refractivity contribution < 1.29 is 9.53 Å². The molecule has 72 valence electrons. The monoisotopic (exact) mass is 237 g/mol. The normalized spacial score (nSPS) is 12.6. The van der Waals surface area contributed by atoms with E-state index in [2.05, 4.69) is 28.2 Å². The smallest absolute Gasteiger partial charge is 0.246 e. The van der Waals surface area contributed by atoms with Crippen molar-refractivity contribution in [3.8, 4) is 0 Å². The van der Waals surface area contributed by atoms with Crippen LogP contribution in [0.1, 0.15) is 13.8 Å². The van der Waals surface area contributed by atoms with Crippen LogP contribution in [0.5, 0.6) is 0 Å². The minimum absolute atomic E-state index is 0.0374. The summed E-state index contributed by atoms with van der Waals surface area (Å²) >= 11 is 3.33. The van der Waals surface area contributed by atoms with Crippen molar-refractivity contribution in [2.45, 2.75) is 13.8 Å². The van der Waals surface area contributed by atoms with Gasteiger partial charge in [-0.05, 0) is 12.8 Å². The Morgan fingerprint density at radius 1 is 1.67 bits per heavy atom. The lowest BCUT2D eigenvalue weighted by molar-refractivity contribution is -0.125. The van der Waals surface area contributed by atoms with Crippen LogP contribution in [-0.2, 0) is 9.53 Å². The molecule has 12 heavy (non-hydrogen) atoms. The van der Waals surface area contributed by atoms with Crippen molar-refractivity contribution in [2.24, 2.45) is 5.92 Å². The summed E-state index contributed by atoms with van der Waals surface area (Å²) in [6.07, 6.45) is 0. The van der Waals surface area contributed by atoms with E-state index >= 15 is 0 Å². The molecule has 0 bridgehead atoms. The lowest BCUT2D eigenvalue weighted by Crippen LogP contribution is -2.31. The molecule has 0 aliphatic rings. The summed E-state index contributed by atoms with van der Waals surface area (Å²) in [5, 5.41) is 3.68. The van der Waals surface area contributed by atoms with E-state index in [-0.39, 0.29) is 12.5 Å². The van der Waals surface area contributed by atoms with E-state index in [4.69, 9.17) is 4.74 Å². The Hall–Kier alpha value is -0.0900. The second kappa shape index (κ2) is 7.55. The van der Waals surface area contributed by atoms with Gasteiger partial charge in [0.05, 0.1) is 0 Å². The third kappa shape index (κ3) is 6.61. The Kier molecular flexibility index (Phi) is 7.50. The summed E-state index contributed by atoms with van der Waals surface area (Å²) in [5.41, 5.74) is 0. The first-order valence-corrected chi connectivity index (χ1v) is 5.23. The Balaban J connectivity index is 3.31. The molecule has 3 nitrogen and oxygen atoms in total. The fraction of sp³-hybridized carbons (Fsp3) is 0.875. The second-order valence-corrected chi connectivity index (χ2v) is 3.35. The van der Waals surface area contributed by atoms with Crippen molar-refractivity contribution in [3.63, 3.8) is 0 Å². The fourth-order valence-electron chi connectivity index (χ4n) is 0.588. The zero-order valence-electron chi connectivity index (χ0n) is 7.60. The molecule has 0 rings (SSSR count). The minimum Gasteiger partial charge on any atom is -0.372 e. The minimum atomic E-state index is -0.0374. The maximum atomic E-state index is 11.0. The average molecular weight is 238 g/mol. The maximum absolute atomic E-state index is 11.0. The Morgan fingerprint density at radius 3 is 2.83 bits per heavy atom. The molecule has 0 radical (unpaired) electrons. The second-order valence-electron chi connectivity index (χ2n) is 2.70. The summed E-state index contributed by atoms with van der Waals surface area (Å²) in [7, 11) is 0. The van der Waals surface area contributed by atoms with Gasteiger partial charge in [-0.3, -0.25) is 4.79 Å². The van der Waals surface area contributed by atoms with Gasteiger partial charge in [0.1, 0.15) is 6.61 Å². The van der Waals surface area contributed by atoms with E-state index in [1.807, 2.05) is 6.92 Å². The first kappa shape index (κ1) is 11.9. The third-order valence-electron chi connectivity index (χ3n) is 1.35. The van der Waals surface area contributed by atoms with Gasteiger partial charge in [0, 0.05) is 18.5 Å². The van der Waals surface area contributed by atoms with Crippen LogP contribution in [0, 0.1) is 5.92 Å². The molecule has 0 saturated heterocycles. The standard InChI is InChI=1S/C8H16BrNO2/c1-3-12-6-8(11)10-5-7(2)4-9/h7H,3-6H2,1-2H3,(H,10,11). The molecule has 0 aromatic carbocycles. The Labute approximate surface area is 82.0 Å². The molecular weight excluding hydrogens is 222 g/mol. The lowest BCUT2D eigenvalue weighted by Gasteiger charge is -2.08. The van der Waals surface area contributed by atoms with E-state index in [1.165, 1.54) is 0 Å². The van der Waals surface area contributed by atoms with Gasteiger partial charge >= 0.3 is 0 Å². The summed E-state index contributed by atoms with van der Waals surface area (Å²) in [6, 6.07) is 0. The van der Waals surface area contributed by atoms with Crippen LogP contribution in [0.4, 0.5) is 0 Å². The number of alkyl halides is 1. The van der Waals surface area contributed by atoms with E-state index < -0.39 is 0 Å². The van der Waals surface area contributed by atoms with Gasteiger partial charge in [-0.1, -0.05) is 22.9 Å². The largest absolute Gasteiger partial charge is 0.372 e. The van der Waals surface area contributed by atoms with Crippen LogP contribution in [0.15, 0.2) is 0 Å². The molecule has 1 atom stereocenters. The highest BCUT2D eigenvalue weighted by atomic mass is 79.9. The van der Waals surface area contributed by atoms with Gasteiger partial charge in [-0.2, -0.15) is 0 Å². The highest BCUT2D eigenvalue weighted by Crippen LogP contribution is 1.96. The van der Waals surface area contributed by atoms with Gasteiger partial charge in [0.2, 0.25) is 5.91 Å². The van der Waals surface area contributed by atoms with Gasteiger partial charge < -0.3 is 10.1 Å². The van der Waals surface area contributed by atoms with E-state index in [1.54, 1.807) is 0 Å². The summed E-state index contributed by atoms with van der Waals surface area (Å²) < 4.78 is 4.94. The van der Waals surface area contributed by atoms with Crippen LogP contribution >= 0.6 is 15.9 Å². The molecule has 0 aromatic rings. The molecule has 0 spiro atoms. The zero-order chi connectivity index (χ0) is 9.40. The highest BCUT2D eigenvalue weighted by molar-refractivity contribution is 9.09. The first-order valence-electron chi connectivity index (χ1n) is 4.11. The number of hydrogen-bond donors (Lipinski definition) is 1. The van der Waals surface area contributed by atoms with Gasteiger partial charge in [-0.25, -0.2) is 0 Å². The number of halogens is 1. The molecule has 4 heteroatoms. The van der Waals surface area contributed by atoms with Crippen molar-refractivity contribution in [1.82, 2.24) is 5.32 Å². The predicted octanol–water partition coefficient (Wildman–Crippen LogP) is 1.17. The number of hydrogen-bond acceptors (Lipinski definition) is 2. The summed E-state index contributed by atoms with van der Waals surface area (Å²) in [5.74, 6) is 0.431. The molecule has 0 aromatic heterocycles. The molecule has 0 fully saturated rings. The number of rotatable bonds is 6. The number of carbonyl (C=O) groups is 1. The number of ether oxygens (including phenoxy) is 1.